The standard InChI is InChI=1S/C16H17BrN2OS/c1-3-10(2)19-15(13-8-9-14(17)21-13)18-12-7-5-4-6-11(12)16(19)20/h4-10,15,18H,3H2,1-2H3/t10-,15-/m1/s1. The first kappa shape index (κ1) is 14.6. The third-order valence-electron chi connectivity index (χ3n) is 3.89. The number of para-hydroxylation sites is 1. The van der Waals surface area contributed by atoms with Gasteiger partial charge in [0.25, 0.3) is 5.91 Å². The molecule has 1 N–H and O–H groups in total. The lowest BCUT2D eigenvalue weighted by atomic mass is 10.0. The molecule has 3 rings (SSSR count). The van der Waals surface area contributed by atoms with Crippen LogP contribution in [-0.2, 0) is 0 Å². The van der Waals surface area contributed by atoms with E-state index in [0.717, 1.165) is 26.3 Å². The molecule has 0 bridgehead atoms. The van der Waals surface area contributed by atoms with Crippen LogP contribution in [0.5, 0.6) is 0 Å². The zero-order chi connectivity index (χ0) is 15.0. The fourth-order valence-corrected chi connectivity index (χ4v) is 4.08. The molecule has 110 valence electrons. The molecule has 0 radical (unpaired) electrons. The molecule has 1 aromatic carbocycles. The van der Waals surface area contributed by atoms with E-state index < -0.39 is 0 Å². The summed E-state index contributed by atoms with van der Waals surface area (Å²) >= 11 is 5.17. The van der Waals surface area contributed by atoms with E-state index >= 15 is 0 Å². The maximum absolute atomic E-state index is 12.9. The quantitative estimate of drug-likeness (QED) is 0.841. The number of hydrogen-bond donors (Lipinski definition) is 1. The number of rotatable bonds is 3. The van der Waals surface area contributed by atoms with Crippen LogP contribution < -0.4 is 5.32 Å². The van der Waals surface area contributed by atoms with Gasteiger partial charge in [-0.05, 0) is 53.5 Å². The number of fused-ring (bicyclic) bond motifs is 1. The normalized spacial score (nSPS) is 19.1. The Labute approximate surface area is 137 Å². The Balaban J connectivity index is 2.07. The van der Waals surface area contributed by atoms with Crippen molar-refractivity contribution in [3.63, 3.8) is 0 Å². The van der Waals surface area contributed by atoms with Crippen LogP contribution in [0.25, 0.3) is 0 Å². The second kappa shape index (κ2) is 5.81. The lowest BCUT2D eigenvalue weighted by molar-refractivity contribution is 0.0597. The first-order valence-corrected chi connectivity index (χ1v) is 8.66. The van der Waals surface area contributed by atoms with Gasteiger partial charge in [-0.1, -0.05) is 19.1 Å². The van der Waals surface area contributed by atoms with Crippen molar-refractivity contribution in [2.24, 2.45) is 0 Å². The van der Waals surface area contributed by atoms with Gasteiger partial charge < -0.3 is 10.2 Å². The molecule has 1 aliphatic heterocycles. The molecule has 0 fully saturated rings. The van der Waals surface area contributed by atoms with Crippen LogP contribution >= 0.6 is 27.3 Å². The van der Waals surface area contributed by atoms with Crippen molar-refractivity contribution >= 4 is 38.9 Å². The van der Waals surface area contributed by atoms with E-state index in [2.05, 4.69) is 41.2 Å². The summed E-state index contributed by atoms with van der Waals surface area (Å²) in [7, 11) is 0. The Morgan fingerprint density at radius 3 is 2.76 bits per heavy atom. The van der Waals surface area contributed by atoms with Gasteiger partial charge in [0, 0.05) is 16.6 Å². The Bertz CT molecular complexity index is 670. The molecule has 0 unspecified atom stereocenters. The van der Waals surface area contributed by atoms with E-state index in [-0.39, 0.29) is 18.1 Å². The molecule has 21 heavy (non-hydrogen) atoms. The van der Waals surface area contributed by atoms with Crippen LogP contribution in [0.2, 0.25) is 0 Å². The highest BCUT2D eigenvalue weighted by Crippen LogP contribution is 2.38. The van der Waals surface area contributed by atoms with Gasteiger partial charge in [0.05, 0.1) is 9.35 Å². The molecule has 2 atom stereocenters. The summed E-state index contributed by atoms with van der Waals surface area (Å²) in [4.78, 5) is 16.0. The van der Waals surface area contributed by atoms with Crippen molar-refractivity contribution in [1.82, 2.24) is 4.90 Å². The number of nitrogens with one attached hydrogen (secondary N) is 1. The number of thiophene rings is 1. The van der Waals surface area contributed by atoms with Gasteiger partial charge in [-0.15, -0.1) is 11.3 Å². The molecule has 2 aromatic rings. The summed E-state index contributed by atoms with van der Waals surface area (Å²) in [6, 6.07) is 12.0. The fourth-order valence-electron chi connectivity index (χ4n) is 2.60. The minimum absolute atomic E-state index is 0.0985. The Morgan fingerprint density at radius 2 is 2.10 bits per heavy atom. The number of carbonyl (C=O) groups excluding carboxylic acids is 1. The predicted octanol–water partition coefficient (Wildman–Crippen LogP) is 4.88. The van der Waals surface area contributed by atoms with Crippen LogP contribution in [0.4, 0.5) is 5.69 Å². The molecule has 3 nitrogen and oxygen atoms in total. The number of benzene rings is 1. The fraction of sp³-hybridized carbons (Fsp3) is 0.312. The molecule has 1 aromatic heterocycles. The summed E-state index contributed by atoms with van der Waals surface area (Å²) in [5, 5.41) is 3.52. The van der Waals surface area contributed by atoms with Gasteiger partial charge in [0.2, 0.25) is 0 Å². The molecule has 0 saturated heterocycles. The van der Waals surface area contributed by atoms with Gasteiger partial charge in [-0.2, -0.15) is 0 Å². The summed E-state index contributed by atoms with van der Waals surface area (Å²) in [6.07, 6.45) is 0.831. The molecular weight excluding hydrogens is 348 g/mol. The van der Waals surface area contributed by atoms with E-state index in [0.29, 0.717) is 0 Å². The Kier molecular flexibility index (Phi) is 4.04. The molecule has 0 saturated carbocycles. The molecule has 2 heterocycles. The topological polar surface area (TPSA) is 32.3 Å². The first-order valence-electron chi connectivity index (χ1n) is 7.05. The summed E-state index contributed by atoms with van der Waals surface area (Å²) in [5.41, 5.74) is 1.67. The number of amides is 1. The van der Waals surface area contributed by atoms with E-state index in [4.69, 9.17) is 0 Å². The lowest BCUT2D eigenvalue weighted by Crippen LogP contribution is -2.47. The number of halogens is 1. The average Bonchev–Trinajstić information content (AvgIpc) is 2.93. The minimum atomic E-state index is -0.0985. The van der Waals surface area contributed by atoms with Gasteiger partial charge in [-0.3, -0.25) is 4.79 Å². The molecule has 1 amide bonds. The SMILES string of the molecule is CC[C@@H](C)N1C(=O)c2ccccc2N[C@H]1c1ccc(Br)s1. The predicted molar refractivity (Wildman–Crippen MR) is 90.7 cm³/mol. The summed E-state index contributed by atoms with van der Waals surface area (Å²) < 4.78 is 1.08. The third-order valence-corrected chi connectivity index (χ3v) is 5.57. The molecule has 0 spiro atoms. The van der Waals surface area contributed by atoms with Crippen molar-refractivity contribution < 1.29 is 4.79 Å². The zero-order valence-corrected chi connectivity index (χ0v) is 14.4. The number of nitrogens with zero attached hydrogens (tertiary/aromatic N) is 1. The highest BCUT2D eigenvalue weighted by atomic mass is 79.9. The van der Waals surface area contributed by atoms with Crippen LogP contribution in [0, 0.1) is 0 Å². The second-order valence-corrected chi connectivity index (χ2v) is 7.70. The van der Waals surface area contributed by atoms with Gasteiger partial charge in [-0.25, -0.2) is 0 Å². The molecule has 5 heteroatoms. The zero-order valence-electron chi connectivity index (χ0n) is 12.0. The number of hydrogen-bond acceptors (Lipinski definition) is 3. The lowest BCUT2D eigenvalue weighted by Gasteiger charge is -2.40. The van der Waals surface area contributed by atoms with E-state index in [1.165, 1.54) is 0 Å². The first-order chi connectivity index (χ1) is 10.1. The van der Waals surface area contributed by atoms with Gasteiger partial charge >= 0.3 is 0 Å². The van der Waals surface area contributed by atoms with Crippen LogP contribution in [0.15, 0.2) is 40.2 Å². The summed E-state index contributed by atoms with van der Waals surface area (Å²) in [6.45, 7) is 4.21. The third kappa shape index (κ3) is 2.60. The monoisotopic (exact) mass is 364 g/mol. The Morgan fingerprint density at radius 1 is 1.33 bits per heavy atom. The number of carbonyl (C=O) groups is 1. The van der Waals surface area contributed by atoms with Crippen LogP contribution in [0.3, 0.4) is 0 Å². The number of anilines is 1. The van der Waals surface area contributed by atoms with E-state index in [9.17, 15) is 4.79 Å². The van der Waals surface area contributed by atoms with Crippen molar-refractivity contribution in [2.75, 3.05) is 5.32 Å². The van der Waals surface area contributed by atoms with Crippen molar-refractivity contribution in [2.45, 2.75) is 32.5 Å². The second-order valence-electron chi connectivity index (χ2n) is 5.20. The highest BCUT2D eigenvalue weighted by molar-refractivity contribution is 9.11. The average molecular weight is 365 g/mol. The Hall–Kier alpha value is -1.33. The maximum atomic E-state index is 12.9. The van der Waals surface area contributed by atoms with Gasteiger partial charge in [0.1, 0.15) is 6.17 Å². The highest BCUT2D eigenvalue weighted by Gasteiger charge is 2.35. The summed E-state index contributed by atoms with van der Waals surface area (Å²) in [5.74, 6) is 0.105. The minimum Gasteiger partial charge on any atom is -0.360 e. The molecular formula is C16H17BrN2OS. The van der Waals surface area contributed by atoms with E-state index in [1.807, 2.05) is 35.2 Å². The van der Waals surface area contributed by atoms with Crippen molar-refractivity contribution in [3.8, 4) is 0 Å². The van der Waals surface area contributed by atoms with Crippen LogP contribution in [-0.4, -0.2) is 16.8 Å². The smallest absolute Gasteiger partial charge is 0.258 e. The van der Waals surface area contributed by atoms with Crippen molar-refractivity contribution in [1.29, 1.82) is 0 Å². The maximum Gasteiger partial charge on any atom is 0.258 e. The molecule has 0 aliphatic carbocycles. The van der Waals surface area contributed by atoms with Gasteiger partial charge in [0.15, 0.2) is 0 Å². The van der Waals surface area contributed by atoms with E-state index in [1.54, 1.807) is 11.3 Å². The molecule has 1 aliphatic rings. The largest absolute Gasteiger partial charge is 0.360 e. The van der Waals surface area contributed by atoms with Crippen molar-refractivity contribution in [3.05, 3.63) is 50.6 Å². The van der Waals surface area contributed by atoms with Crippen LogP contribution in [0.1, 0.15) is 41.7 Å².